The van der Waals surface area contributed by atoms with Gasteiger partial charge in [-0.05, 0) is 53.3 Å². The molecule has 1 aromatic carbocycles. The van der Waals surface area contributed by atoms with Crippen LogP contribution < -0.4 is 10.1 Å². The number of amides is 1. The summed E-state index contributed by atoms with van der Waals surface area (Å²) in [5.74, 6) is 2.15. The molecule has 0 unspecified atom stereocenters. The lowest BCUT2D eigenvalue weighted by molar-refractivity contribution is -0.120. The molecule has 0 saturated heterocycles. The summed E-state index contributed by atoms with van der Waals surface area (Å²) in [5.41, 5.74) is 1.84. The van der Waals surface area contributed by atoms with Crippen molar-refractivity contribution < 1.29 is 9.53 Å². The zero-order valence-corrected chi connectivity index (χ0v) is 17.1. The number of nitrogens with one attached hydrogen (secondary N) is 1. The zero-order valence-electron chi connectivity index (χ0n) is 16.3. The van der Waals surface area contributed by atoms with Gasteiger partial charge in [0.1, 0.15) is 11.4 Å². The predicted molar refractivity (Wildman–Crippen MR) is 105 cm³/mol. The number of aromatic nitrogens is 4. The van der Waals surface area contributed by atoms with Gasteiger partial charge in [-0.15, -0.1) is 5.10 Å². The molecular weight excluding hydrogens is 362 g/mol. The van der Waals surface area contributed by atoms with E-state index in [1.54, 1.807) is 11.8 Å². The second kappa shape index (κ2) is 8.73. The number of nitrogens with zero attached hydrogens (tertiary/aromatic N) is 4. The molecule has 3 rings (SSSR count). The Balaban J connectivity index is 1.65. The van der Waals surface area contributed by atoms with Gasteiger partial charge in [-0.25, -0.2) is 0 Å². The first kappa shape index (κ1) is 19.7. The summed E-state index contributed by atoms with van der Waals surface area (Å²) in [6.45, 7) is 6.49. The number of hydrogen-bond acceptors (Lipinski definition) is 6. The van der Waals surface area contributed by atoms with E-state index >= 15 is 0 Å². The number of hydrogen-bond donors (Lipinski definition) is 1. The highest BCUT2D eigenvalue weighted by atomic mass is 32.2. The standard InChI is InChI=1S/C19H27N5O2S/c1-12-8-9-17(26-4)16(10-12)24-19(21-22-23-24)27-11-18(25)20-15-7-5-6-13(2)14(15)3/h8-10,13-15H,5-7,11H2,1-4H3,(H,20,25)/t13-,14+,15-/m1/s1. The Kier molecular flexibility index (Phi) is 6.36. The number of benzene rings is 1. The summed E-state index contributed by atoms with van der Waals surface area (Å²) in [4.78, 5) is 12.4. The molecular formula is C19H27N5O2S. The van der Waals surface area contributed by atoms with Crippen LogP contribution in [0.15, 0.2) is 23.4 Å². The topological polar surface area (TPSA) is 81.9 Å². The molecule has 1 saturated carbocycles. The summed E-state index contributed by atoms with van der Waals surface area (Å²) in [6, 6.07) is 6.08. The lowest BCUT2D eigenvalue weighted by atomic mass is 9.78. The summed E-state index contributed by atoms with van der Waals surface area (Å²) >= 11 is 1.33. The monoisotopic (exact) mass is 389 g/mol. The van der Waals surface area contributed by atoms with Crippen LogP contribution in [0.2, 0.25) is 0 Å². The lowest BCUT2D eigenvalue weighted by Crippen LogP contribution is -2.44. The molecule has 8 heteroatoms. The van der Waals surface area contributed by atoms with E-state index in [-0.39, 0.29) is 17.7 Å². The average molecular weight is 390 g/mol. The number of tetrazole rings is 1. The minimum atomic E-state index is 0.0247. The van der Waals surface area contributed by atoms with Crippen molar-refractivity contribution in [3.8, 4) is 11.4 Å². The summed E-state index contributed by atoms with van der Waals surface area (Å²) in [5, 5.41) is 15.7. The van der Waals surface area contributed by atoms with Gasteiger partial charge in [0.25, 0.3) is 0 Å². The van der Waals surface area contributed by atoms with Gasteiger partial charge in [0, 0.05) is 6.04 Å². The fraction of sp³-hybridized carbons (Fsp3) is 0.579. The van der Waals surface area contributed by atoms with Crippen molar-refractivity contribution in [2.24, 2.45) is 11.8 Å². The number of carbonyl (C=O) groups is 1. The minimum absolute atomic E-state index is 0.0247. The van der Waals surface area contributed by atoms with Crippen LogP contribution in [0.3, 0.4) is 0 Å². The largest absolute Gasteiger partial charge is 0.494 e. The van der Waals surface area contributed by atoms with Gasteiger partial charge < -0.3 is 10.1 Å². The molecule has 1 aliphatic rings. The fourth-order valence-corrected chi connectivity index (χ4v) is 4.24. The molecule has 1 amide bonds. The molecule has 1 heterocycles. The van der Waals surface area contributed by atoms with Crippen molar-refractivity contribution in [2.75, 3.05) is 12.9 Å². The molecule has 0 aliphatic heterocycles. The van der Waals surface area contributed by atoms with Gasteiger partial charge in [-0.1, -0.05) is 44.5 Å². The molecule has 1 aliphatic carbocycles. The highest BCUT2D eigenvalue weighted by Crippen LogP contribution is 2.30. The number of aryl methyl sites for hydroxylation is 1. The Morgan fingerprint density at radius 3 is 2.96 bits per heavy atom. The Bertz CT molecular complexity index is 794. The first-order valence-corrected chi connectivity index (χ1v) is 10.3. The lowest BCUT2D eigenvalue weighted by Gasteiger charge is -2.34. The number of methoxy groups -OCH3 is 1. The second-order valence-electron chi connectivity index (χ2n) is 7.28. The van der Waals surface area contributed by atoms with Crippen molar-refractivity contribution in [2.45, 2.75) is 51.2 Å². The van der Waals surface area contributed by atoms with Crippen molar-refractivity contribution in [1.29, 1.82) is 0 Å². The van der Waals surface area contributed by atoms with Gasteiger partial charge in [-0.3, -0.25) is 4.79 Å². The summed E-state index contributed by atoms with van der Waals surface area (Å²) in [7, 11) is 1.62. The van der Waals surface area contributed by atoms with E-state index in [0.717, 1.165) is 17.7 Å². The van der Waals surface area contributed by atoms with Gasteiger partial charge in [-0.2, -0.15) is 4.68 Å². The van der Waals surface area contributed by atoms with Gasteiger partial charge >= 0.3 is 0 Å². The van der Waals surface area contributed by atoms with Crippen LogP contribution in [0.5, 0.6) is 5.75 Å². The average Bonchev–Trinajstić information content (AvgIpc) is 3.12. The van der Waals surface area contributed by atoms with E-state index in [0.29, 0.717) is 22.7 Å². The normalized spacial score (nSPS) is 22.4. The predicted octanol–water partition coefficient (Wildman–Crippen LogP) is 3.01. The number of ether oxygens (including phenoxy) is 1. The quantitative estimate of drug-likeness (QED) is 0.765. The molecule has 146 valence electrons. The van der Waals surface area contributed by atoms with Crippen molar-refractivity contribution in [3.05, 3.63) is 23.8 Å². The third-order valence-electron chi connectivity index (χ3n) is 5.39. The first-order chi connectivity index (χ1) is 13.0. The van der Waals surface area contributed by atoms with E-state index in [1.165, 1.54) is 24.6 Å². The van der Waals surface area contributed by atoms with E-state index in [4.69, 9.17) is 4.74 Å². The van der Waals surface area contributed by atoms with Crippen molar-refractivity contribution in [1.82, 2.24) is 25.5 Å². The van der Waals surface area contributed by atoms with Crippen LogP contribution in [0, 0.1) is 18.8 Å². The molecule has 0 spiro atoms. The zero-order chi connectivity index (χ0) is 19.4. The highest BCUT2D eigenvalue weighted by Gasteiger charge is 2.28. The maximum atomic E-state index is 12.4. The third-order valence-corrected chi connectivity index (χ3v) is 6.31. The van der Waals surface area contributed by atoms with Crippen molar-refractivity contribution in [3.63, 3.8) is 0 Å². The van der Waals surface area contributed by atoms with Gasteiger partial charge in [0.05, 0.1) is 12.9 Å². The maximum absolute atomic E-state index is 12.4. The van der Waals surface area contributed by atoms with Crippen molar-refractivity contribution >= 4 is 17.7 Å². The van der Waals surface area contributed by atoms with Crippen LogP contribution in [0.1, 0.15) is 38.7 Å². The Morgan fingerprint density at radius 2 is 2.19 bits per heavy atom. The Labute approximate surface area is 164 Å². The molecule has 0 bridgehead atoms. The van der Waals surface area contributed by atoms with Gasteiger partial charge in [0.2, 0.25) is 11.1 Å². The second-order valence-corrected chi connectivity index (χ2v) is 8.22. The van der Waals surface area contributed by atoms with E-state index in [1.807, 2.05) is 25.1 Å². The van der Waals surface area contributed by atoms with E-state index in [9.17, 15) is 4.79 Å². The van der Waals surface area contributed by atoms with Crippen LogP contribution in [0.4, 0.5) is 0 Å². The molecule has 7 nitrogen and oxygen atoms in total. The minimum Gasteiger partial charge on any atom is -0.494 e. The molecule has 0 radical (unpaired) electrons. The summed E-state index contributed by atoms with van der Waals surface area (Å²) < 4.78 is 7.04. The molecule has 2 aromatic rings. The van der Waals surface area contributed by atoms with Gasteiger partial charge in [0.15, 0.2) is 0 Å². The smallest absolute Gasteiger partial charge is 0.230 e. The van der Waals surface area contributed by atoms with Crippen LogP contribution >= 0.6 is 11.8 Å². The highest BCUT2D eigenvalue weighted by molar-refractivity contribution is 7.99. The molecule has 1 aromatic heterocycles. The summed E-state index contributed by atoms with van der Waals surface area (Å²) in [6.07, 6.45) is 3.48. The molecule has 1 N–H and O–H groups in total. The molecule has 27 heavy (non-hydrogen) atoms. The third kappa shape index (κ3) is 4.61. The number of thioether (sulfide) groups is 1. The fourth-order valence-electron chi connectivity index (χ4n) is 3.55. The number of rotatable bonds is 6. The Hall–Kier alpha value is -2.09. The molecule has 3 atom stereocenters. The SMILES string of the molecule is COc1ccc(C)cc1-n1nnnc1SCC(=O)N[C@@H]1CCC[C@@H](C)[C@@H]1C. The van der Waals surface area contributed by atoms with E-state index in [2.05, 4.69) is 34.7 Å². The Morgan fingerprint density at radius 1 is 1.37 bits per heavy atom. The van der Waals surface area contributed by atoms with Crippen LogP contribution in [0.25, 0.3) is 5.69 Å². The van der Waals surface area contributed by atoms with Crippen LogP contribution in [-0.4, -0.2) is 45.0 Å². The van der Waals surface area contributed by atoms with Crippen LogP contribution in [-0.2, 0) is 4.79 Å². The first-order valence-electron chi connectivity index (χ1n) is 9.35. The number of carbonyl (C=O) groups excluding carboxylic acids is 1. The molecule has 1 fully saturated rings. The maximum Gasteiger partial charge on any atom is 0.230 e. The van der Waals surface area contributed by atoms with E-state index < -0.39 is 0 Å².